The first-order chi connectivity index (χ1) is 11.0. The molecule has 2 heterocycles. The van der Waals surface area contributed by atoms with Gasteiger partial charge in [0.25, 0.3) is 5.56 Å². The number of nitrogen functional groups attached to an aromatic ring is 1. The minimum atomic E-state index is -0.668. The summed E-state index contributed by atoms with van der Waals surface area (Å²) >= 11 is 0. The van der Waals surface area contributed by atoms with Crippen LogP contribution in [0, 0.1) is 5.92 Å². The number of hydrogen-bond acceptors (Lipinski definition) is 5. The first-order valence-corrected chi connectivity index (χ1v) is 8.41. The molecule has 2 fully saturated rings. The largest absolute Gasteiger partial charge is 0.384 e. The number of aromatic nitrogens is 2. The van der Waals surface area contributed by atoms with E-state index in [4.69, 9.17) is 5.73 Å². The van der Waals surface area contributed by atoms with Gasteiger partial charge in [0.15, 0.2) is 5.78 Å². The van der Waals surface area contributed by atoms with Crippen LogP contribution in [0.15, 0.2) is 9.59 Å². The van der Waals surface area contributed by atoms with Gasteiger partial charge in [0, 0.05) is 12.6 Å². The van der Waals surface area contributed by atoms with Crippen LogP contribution in [0.2, 0.25) is 0 Å². The predicted octanol–water partition coefficient (Wildman–Crippen LogP) is 0.758. The molecule has 3 N–H and O–H groups in total. The monoisotopic (exact) mass is 320 g/mol. The Morgan fingerprint density at radius 3 is 2.70 bits per heavy atom. The highest BCUT2D eigenvalue weighted by atomic mass is 16.2. The Hall–Kier alpha value is -1.89. The Bertz CT molecular complexity index is 717. The molecule has 0 aromatic carbocycles. The van der Waals surface area contributed by atoms with Gasteiger partial charge in [0.05, 0.1) is 6.54 Å². The van der Waals surface area contributed by atoms with Crippen molar-refractivity contribution in [3.8, 4) is 0 Å². The number of H-pyrrole nitrogens is 1. The van der Waals surface area contributed by atoms with Gasteiger partial charge in [-0.3, -0.25) is 24.0 Å². The summed E-state index contributed by atoms with van der Waals surface area (Å²) in [5.41, 5.74) is 4.74. The van der Waals surface area contributed by atoms with Crippen molar-refractivity contribution in [3.05, 3.63) is 26.4 Å². The van der Waals surface area contributed by atoms with Crippen LogP contribution >= 0.6 is 0 Å². The summed E-state index contributed by atoms with van der Waals surface area (Å²) in [7, 11) is 0. The number of hydrogen-bond donors (Lipinski definition) is 2. The maximum Gasteiger partial charge on any atom is 0.330 e. The predicted molar refractivity (Wildman–Crippen MR) is 87.8 cm³/mol. The molecule has 1 saturated heterocycles. The SMILES string of the molecule is CCC1CCCN(CC(=O)c2c(N)n(C3CC3)c(=O)[nH]c2=O)C1. The molecule has 1 aromatic rings. The average molecular weight is 320 g/mol. The smallest absolute Gasteiger partial charge is 0.330 e. The van der Waals surface area contributed by atoms with Gasteiger partial charge >= 0.3 is 5.69 Å². The third-order valence-corrected chi connectivity index (χ3v) is 4.92. The molecule has 7 heteroatoms. The molecule has 1 atom stereocenters. The molecular weight excluding hydrogens is 296 g/mol. The first kappa shape index (κ1) is 16.0. The fraction of sp³-hybridized carbons (Fsp3) is 0.688. The van der Waals surface area contributed by atoms with Crippen LogP contribution in [0.25, 0.3) is 0 Å². The van der Waals surface area contributed by atoms with Crippen LogP contribution in [0.3, 0.4) is 0 Å². The summed E-state index contributed by atoms with van der Waals surface area (Å²) < 4.78 is 1.36. The third kappa shape index (κ3) is 3.24. The maximum absolute atomic E-state index is 12.6. The molecule has 0 bridgehead atoms. The van der Waals surface area contributed by atoms with Crippen LogP contribution < -0.4 is 17.0 Å². The molecule has 23 heavy (non-hydrogen) atoms. The molecule has 0 spiro atoms. The zero-order valence-corrected chi connectivity index (χ0v) is 13.5. The molecule has 0 radical (unpaired) electrons. The van der Waals surface area contributed by atoms with Gasteiger partial charge in [-0.05, 0) is 38.1 Å². The van der Waals surface area contributed by atoms with Crippen molar-refractivity contribution in [2.45, 2.75) is 45.1 Å². The van der Waals surface area contributed by atoms with Crippen LogP contribution in [0.5, 0.6) is 0 Å². The van der Waals surface area contributed by atoms with Crippen LogP contribution in [0.1, 0.15) is 55.4 Å². The van der Waals surface area contributed by atoms with Crippen LogP contribution in [-0.2, 0) is 0 Å². The van der Waals surface area contributed by atoms with E-state index in [2.05, 4.69) is 16.8 Å². The van der Waals surface area contributed by atoms with Crippen molar-refractivity contribution < 1.29 is 4.79 Å². The molecule has 1 aromatic heterocycles. The number of carbonyl (C=O) groups excluding carboxylic acids is 1. The molecule has 3 rings (SSSR count). The van der Waals surface area contributed by atoms with E-state index in [9.17, 15) is 14.4 Å². The number of anilines is 1. The second kappa shape index (κ2) is 6.31. The van der Waals surface area contributed by atoms with E-state index in [0.29, 0.717) is 5.92 Å². The van der Waals surface area contributed by atoms with E-state index in [1.54, 1.807) is 0 Å². The Balaban J connectivity index is 1.83. The van der Waals surface area contributed by atoms with Crippen molar-refractivity contribution in [3.63, 3.8) is 0 Å². The summed E-state index contributed by atoms with van der Waals surface area (Å²) in [4.78, 5) is 40.9. The molecule has 1 aliphatic heterocycles. The van der Waals surface area contributed by atoms with Crippen molar-refractivity contribution in [2.24, 2.45) is 5.92 Å². The van der Waals surface area contributed by atoms with E-state index in [-0.39, 0.29) is 29.8 Å². The number of nitrogens with two attached hydrogens (primary N) is 1. The summed E-state index contributed by atoms with van der Waals surface area (Å²) in [6.45, 7) is 4.08. The van der Waals surface area contributed by atoms with Crippen molar-refractivity contribution in [1.82, 2.24) is 14.5 Å². The highest BCUT2D eigenvalue weighted by molar-refractivity contribution is 6.01. The van der Waals surface area contributed by atoms with E-state index in [0.717, 1.165) is 38.8 Å². The lowest BCUT2D eigenvalue weighted by atomic mass is 9.95. The number of ketones is 1. The molecule has 1 aliphatic carbocycles. The zero-order valence-electron chi connectivity index (χ0n) is 13.5. The van der Waals surface area contributed by atoms with E-state index in [1.165, 1.54) is 11.0 Å². The van der Waals surface area contributed by atoms with E-state index in [1.807, 2.05) is 0 Å². The summed E-state index contributed by atoms with van der Waals surface area (Å²) in [6, 6.07) is 0.0189. The van der Waals surface area contributed by atoms with E-state index >= 15 is 0 Å². The molecule has 1 saturated carbocycles. The highest BCUT2D eigenvalue weighted by Gasteiger charge is 2.30. The standard InChI is InChI=1S/C16H24N4O3/c1-2-10-4-3-7-19(8-10)9-12(21)13-14(17)20(11-5-6-11)16(23)18-15(13)22/h10-11H,2-9,17H2,1H3,(H,18,22,23). The number of rotatable bonds is 5. The van der Waals surface area contributed by atoms with Gasteiger partial charge in [-0.2, -0.15) is 0 Å². The quantitative estimate of drug-likeness (QED) is 0.780. The van der Waals surface area contributed by atoms with Crippen molar-refractivity contribution in [1.29, 1.82) is 0 Å². The first-order valence-electron chi connectivity index (χ1n) is 8.41. The number of piperidine rings is 1. The minimum Gasteiger partial charge on any atom is -0.384 e. The third-order valence-electron chi connectivity index (χ3n) is 4.92. The van der Waals surface area contributed by atoms with E-state index < -0.39 is 11.2 Å². The molecule has 126 valence electrons. The molecule has 2 aliphatic rings. The van der Waals surface area contributed by atoms with Gasteiger partial charge in [0.1, 0.15) is 11.4 Å². The van der Waals surface area contributed by atoms with Gasteiger partial charge in [-0.25, -0.2) is 4.79 Å². The number of nitrogens with zero attached hydrogens (tertiary/aromatic N) is 2. The average Bonchev–Trinajstić information content (AvgIpc) is 3.31. The summed E-state index contributed by atoms with van der Waals surface area (Å²) in [5.74, 6) is 0.331. The Morgan fingerprint density at radius 2 is 2.04 bits per heavy atom. The van der Waals surface area contributed by atoms with Gasteiger partial charge in [0.2, 0.25) is 0 Å². The topological polar surface area (TPSA) is 101 Å². The fourth-order valence-electron chi connectivity index (χ4n) is 3.44. The minimum absolute atomic E-state index is 0.0189. The highest BCUT2D eigenvalue weighted by Crippen LogP contribution is 2.35. The fourth-order valence-corrected chi connectivity index (χ4v) is 3.44. The Kier molecular flexibility index (Phi) is 4.39. The number of Topliss-reactive ketones (excluding diaryl/α,β-unsaturated/α-hetero) is 1. The number of carbonyl (C=O) groups is 1. The number of nitrogens with one attached hydrogen (secondary N) is 1. The van der Waals surface area contributed by atoms with Crippen LogP contribution in [0.4, 0.5) is 5.82 Å². The maximum atomic E-state index is 12.6. The Morgan fingerprint density at radius 1 is 1.30 bits per heavy atom. The lowest BCUT2D eigenvalue weighted by molar-refractivity contribution is 0.0883. The summed E-state index contributed by atoms with van der Waals surface area (Å²) in [5, 5.41) is 0. The second-order valence-corrected chi connectivity index (χ2v) is 6.70. The normalized spacial score (nSPS) is 22.2. The second-order valence-electron chi connectivity index (χ2n) is 6.70. The molecule has 1 unspecified atom stereocenters. The van der Waals surface area contributed by atoms with Crippen molar-refractivity contribution >= 4 is 11.6 Å². The lowest BCUT2D eigenvalue weighted by Gasteiger charge is -2.31. The number of likely N-dealkylation sites (tertiary alicyclic amines) is 1. The van der Waals surface area contributed by atoms with Crippen molar-refractivity contribution in [2.75, 3.05) is 25.4 Å². The number of aromatic amines is 1. The Labute approximate surface area is 134 Å². The molecular formula is C16H24N4O3. The van der Waals surface area contributed by atoms with Gasteiger partial charge < -0.3 is 5.73 Å². The molecule has 0 amide bonds. The molecule has 7 nitrogen and oxygen atoms in total. The summed E-state index contributed by atoms with van der Waals surface area (Å²) in [6.07, 6.45) is 5.07. The van der Waals surface area contributed by atoms with Crippen LogP contribution in [-0.4, -0.2) is 39.9 Å². The van der Waals surface area contributed by atoms with Gasteiger partial charge in [-0.15, -0.1) is 0 Å². The van der Waals surface area contributed by atoms with Gasteiger partial charge in [-0.1, -0.05) is 13.3 Å². The lowest BCUT2D eigenvalue weighted by Crippen LogP contribution is -2.42. The zero-order chi connectivity index (χ0) is 16.6.